The number of nitrogens with zero attached hydrogens (tertiary/aromatic N) is 1. The lowest BCUT2D eigenvalue weighted by Gasteiger charge is -2.22. The number of pyridine rings is 1. The minimum atomic E-state index is -2.66. The first kappa shape index (κ1) is 12.3. The maximum atomic E-state index is 12.2. The normalized spacial score (nSPS) is 17.8. The number of carbonyl (C=O) groups excluding carboxylic acids is 2. The van der Waals surface area contributed by atoms with Crippen LogP contribution in [0.15, 0.2) is 12.1 Å². The number of ketones is 2. The molecule has 0 bridgehead atoms. The average Bonchev–Trinajstić information content (AvgIpc) is 2.48. The Balaban J connectivity index is 2.42. The molecule has 1 unspecified atom stereocenters. The molecule has 1 aliphatic carbocycles. The van der Waals surface area contributed by atoms with Gasteiger partial charge in [0.2, 0.25) is 17.4 Å². The van der Waals surface area contributed by atoms with Gasteiger partial charge in [-0.15, -0.1) is 0 Å². The predicted molar refractivity (Wildman–Crippen MR) is 83.7 cm³/mol. The van der Waals surface area contributed by atoms with Crippen LogP contribution in [0.25, 0.3) is 5.70 Å². The number of aromatic nitrogens is 1. The Hall–Kier alpha value is -2.21. The Morgan fingerprint density at radius 3 is 2.95 bits per heavy atom. The zero-order chi connectivity index (χ0) is 18.8. The van der Waals surface area contributed by atoms with Crippen LogP contribution in [0.3, 0.4) is 0 Å². The van der Waals surface area contributed by atoms with E-state index in [1.165, 1.54) is 12.1 Å². The molecule has 3 N–H and O–H groups in total. The van der Waals surface area contributed by atoms with Crippen LogP contribution < -0.4 is 15.8 Å². The lowest BCUT2D eigenvalue weighted by Crippen LogP contribution is -2.31. The number of hydrogen-bond acceptors (Lipinski definition) is 6. The molecule has 6 nitrogen and oxygen atoms in total. The molecule has 0 radical (unpaired) electrons. The van der Waals surface area contributed by atoms with Gasteiger partial charge >= 0.3 is 0 Å². The molecule has 6 heteroatoms. The highest BCUT2D eigenvalue weighted by Gasteiger charge is 2.30. The van der Waals surface area contributed by atoms with Gasteiger partial charge in [-0.1, -0.05) is 0 Å². The Bertz CT molecular complexity index is 729. The van der Waals surface area contributed by atoms with E-state index in [0.717, 1.165) is 12.8 Å². The number of hydrogen-bond donors (Lipinski definition) is 2. The predicted octanol–water partition coefficient (Wildman–Crippen LogP) is 1.22. The summed E-state index contributed by atoms with van der Waals surface area (Å²) >= 11 is 0. The van der Waals surface area contributed by atoms with Crippen molar-refractivity contribution in [1.29, 1.82) is 0 Å². The topological polar surface area (TPSA) is 94.3 Å². The van der Waals surface area contributed by atoms with Crippen molar-refractivity contribution in [1.82, 2.24) is 10.3 Å². The molecule has 0 amide bonds. The second-order valence-electron chi connectivity index (χ2n) is 5.33. The van der Waals surface area contributed by atoms with E-state index in [0.29, 0.717) is 17.8 Å². The molecule has 0 aliphatic heterocycles. The lowest BCUT2D eigenvalue weighted by molar-refractivity contribution is -0.111. The van der Waals surface area contributed by atoms with Gasteiger partial charge in [0.1, 0.15) is 5.69 Å². The van der Waals surface area contributed by atoms with Crippen LogP contribution in [0.4, 0.5) is 0 Å². The smallest absolute Gasteiger partial charge is 0.235 e. The zero-order valence-corrected chi connectivity index (χ0v) is 12.6. The number of nitrogens with two attached hydrogens (primary N) is 1. The van der Waals surface area contributed by atoms with E-state index in [9.17, 15) is 9.59 Å². The summed E-state index contributed by atoms with van der Waals surface area (Å²) in [5.41, 5.74) is 6.71. The van der Waals surface area contributed by atoms with Crippen LogP contribution in [0.1, 0.15) is 45.5 Å². The van der Waals surface area contributed by atoms with Gasteiger partial charge in [0.05, 0.1) is 22.4 Å². The van der Waals surface area contributed by atoms with Gasteiger partial charge in [0.15, 0.2) is 0 Å². The Morgan fingerprint density at radius 2 is 2.27 bits per heavy atom. The van der Waals surface area contributed by atoms with Gasteiger partial charge in [-0.2, -0.15) is 0 Å². The molecule has 0 saturated carbocycles. The quantitative estimate of drug-likeness (QED) is 0.768. The lowest BCUT2D eigenvalue weighted by atomic mass is 9.93. The second-order valence-corrected chi connectivity index (χ2v) is 5.33. The summed E-state index contributed by atoms with van der Waals surface area (Å²) in [6.07, 6.45) is 2.76. The number of nitrogens with one attached hydrogen (secondary N) is 1. The standard InChI is InChI=1S/C16H21N3O3/c1-9-7-13(22-3)19-15-11(18-10(2)5-4-6-17)8-12(20)16(21)14(9)15/h7-8,10,18H,4-6,17H2,1-3H3/i3D3. The molecular formula is C16H21N3O3. The van der Waals surface area contributed by atoms with Crippen molar-refractivity contribution < 1.29 is 18.4 Å². The van der Waals surface area contributed by atoms with Crippen LogP contribution in [0, 0.1) is 6.92 Å². The number of rotatable bonds is 6. The summed E-state index contributed by atoms with van der Waals surface area (Å²) in [4.78, 5) is 28.3. The number of fused-ring (bicyclic) bond motifs is 1. The van der Waals surface area contributed by atoms with E-state index in [-0.39, 0.29) is 23.2 Å². The van der Waals surface area contributed by atoms with Crippen molar-refractivity contribution in [2.45, 2.75) is 32.7 Å². The van der Waals surface area contributed by atoms with Crippen LogP contribution in [0.5, 0.6) is 5.88 Å². The molecule has 118 valence electrons. The highest BCUT2D eigenvalue weighted by molar-refractivity contribution is 6.50. The molecule has 1 aromatic rings. The average molecular weight is 306 g/mol. The summed E-state index contributed by atoms with van der Waals surface area (Å²) in [6.45, 7) is 4.08. The van der Waals surface area contributed by atoms with Gasteiger partial charge in [-0.25, -0.2) is 4.98 Å². The molecule has 1 atom stereocenters. The fourth-order valence-corrected chi connectivity index (χ4v) is 2.44. The Kier molecular flexibility index (Phi) is 3.76. The number of Topliss-reactive ketones (excluding diaryl/α,β-unsaturated/α-hetero) is 1. The largest absolute Gasteiger partial charge is 0.481 e. The molecule has 0 aromatic carbocycles. The van der Waals surface area contributed by atoms with Crippen molar-refractivity contribution in [3.8, 4) is 5.88 Å². The summed E-state index contributed by atoms with van der Waals surface area (Å²) in [5.74, 6) is -1.43. The number of aryl methyl sites for hydroxylation is 1. The van der Waals surface area contributed by atoms with Crippen LogP contribution in [-0.2, 0) is 4.79 Å². The van der Waals surface area contributed by atoms with Crippen molar-refractivity contribution in [2.75, 3.05) is 13.6 Å². The molecule has 0 spiro atoms. The second kappa shape index (κ2) is 6.70. The maximum absolute atomic E-state index is 12.2. The molecule has 1 aliphatic rings. The minimum Gasteiger partial charge on any atom is -0.481 e. The number of ether oxygens (including phenoxy) is 1. The zero-order valence-electron chi connectivity index (χ0n) is 15.6. The van der Waals surface area contributed by atoms with Crippen molar-refractivity contribution in [3.05, 3.63) is 29.0 Å². The highest BCUT2D eigenvalue weighted by atomic mass is 16.5. The van der Waals surface area contributed by atoms with E-state index < -0.39 is 18.6 Å². The third-order valence-electron chi connectivity index (χ3n) is 3.52. The molecule has 0 saturated heterocycles. The first-order chi connectivity index (χ1) is 11.6. The number of allylic oxidation sites excluding steroid dienone is 1. The molecule has 1 heterocycles. The first-order valence-corrected chi connectivity index (χ1v) is 7.10. The van der Waals surface area contributed by atoms with Crippen molar-refractivity contribution in [2.24, 2.45) is 5.73 Å². The molecule has 22 heavy (non-hydrogen) atoms. The van der Waals surface area contributed by atoms with Gasteiger partial charge < -0.3 is 15.8 Å². The first-order valence-electron chi connectivity index (χ1n) is 8.60. The van der Waals surface area contributed by atoms with Gasteiger partial charge in [-0.3, -0.25) is 9.59 Å². The summed E-state index contributed by atoms with van der Waals surface area (Å²) in [7, 11) is -2.66. The van der Waals surface area contributed by atoms with E-state index >= 15 is 0 Å². The van der Waals surface area contributed by atoms with Gasteiger partial charge in [0.25, 0.3) is 0 Å². The van der Waals surface area contributed by atoms with E-state index in [1.54, 1.807) is 6.92 Å². The minimum absolute atomic E-state index is 0.00190. The third-order valence-corrected chi connectivity index (χ3v) is 3.52. The molecule has 2 rings (SSSR count). The Morgan fingerprint density at radius 1 is 1.50 bits per heavy atom. The monoisotopic (exact) mass is 306 g/mol. The van der Waals surface area contributed by atoms with Crippen molar-refractivity contribution >= 4 is 17.3 Å². The van der Waals surface area contributed by atoms with Gasteiger partial charge in [0, 0.05) is 18.2 Å². The molecular weight excluding hydrogens is 282 g/mol. The Labute approximate surface area is 134 Å². The third kappa shape index (κ3) is 3.17. The number of carbonyl (C=O) groups is 2. The summed E-state index contributed by atoms with van der Waals surface area (Å²) < 4.78 is 26.4. The maximum Gasteiger partial charge on any atom is 0.235 e. The van der Waals surface area contributed by atoms with E-state index in [1.807, 2.05) is 6.92 Å². The fraction of sp³-hybridized carbons (Fsp3) is 0.438. The van der Waals surface area contributed by atoms with Crippen molar-refractivity contribution in [3.63, 3.8) is 0 Å². The highest BCUT2D eigenvalue weighted by Crippen LogP contribution is 2.27. The van der Waals surface area contributed by atoms with Crippen LogP contribution >= 0.6 is 0 Å². The van der Waals surface area contributed by atoms with E-state index in [4.69, 9.17) is 14.6 Å². The van der Waals surface area contributed by atoms with Crippen LogP contribution in [0.2, 0.25) is 0 Å². The molecule has 0 fully saturated rings. The number of methoxy groups -OCH3 is 1. The summed E-state index contributed by atoms with van der Waals surface area (Å²) in [6, 6.07) is 1.34. The molecule has 1 aromatic heterocycles. The SMILES string of the molecule is [2H]C([2H])([2H])Oc1cc(C)c2c(n1)C(NC(C)CCCN)=CC(=O)C2=O. The fourth-order valence-electron chi connectivity index (χ4n) is 2.44. The van der Waals surface area contributed by atoms with E-state index in [2.05, 4.69) is 10.3 Å². The summed E-state index contributed by atoms with van der Waals surface area (Å²) in [5, 5.41) is 3.15. The van der Waals surface area contributed by atoms with Crippen LogP contribution in [-0.4, -0.2) is 36.2 Å². The van der Waals surface area contributed by atoms with Gasteiger partial charge in [-0.05, 0) is 38.8 Å².